The summed E-state index contributed by atoms with van der Waals surface area (Å²) in [5.74, 6) is 2.89. The van der Waals surface area contributed by atoms with E-state index in [2.05, 4.69) is 22.6 Å². The quantitative estimate of drug-likeness (QED) is 0.758. The number of pyridine rings is 1. The van der Waals surface area contributed by atoms with Crippen LogP contribution in [0.5, 0.6) is 5.75 Å². The highest BCUT2D eigenvalue weighted by molar-refractivity contribution is 5.47. The van der Waals surface area contributed by atoms with Crippen molar-refractivity contribution in [2.24, 2.45) is 0 Å². The maximum absolute atomic E-state index is 9.13. The fourth-order valence-electron chi connectivity index (χ4n) is 2.44. The first-order chi connectivity index (χ1) is 12.2. The van der Waals surface area contributed by atoms with Gasteiger partial charge < -0.3 is 9.47 Å². The van der Waals surface area contributed by atoms with Gasteiger partial charge in [0.1, 0.15) is 42.4 Å². The topological polar surface area (TPSA) is 73.0 Å². The first kappa shape index (κ1) is 16.5. The Labute approximate surface area is 146 Å². The van der Waals surface area contributed by atoms with Crippen molar-refractivity contribution >= 4 is 0 Å². The van der Waals surface area contributed by atoms with Gasteiger partial charge in [-0.05, 0) is 37.1 Å². The second kappa shape index (κ2) is 7.49. The molecule has 3 rings (SSSR count). The summed E-state index contributed by atoms with van der Waals surface area (Å²) in [6.07, 6.45) is 9.58. The third-order valence-electron chi connectivity index (χ3n) is 3.68. The second-order valence-electron chi connectivity index (χ2n) is 5.49. The molecule has 1 aliphatic carbocycles. The SMILES string of the molecule is C=C1C=C(C#N)C(OCCOc2ccnc(-n3ccnc3C)c2)=CC1. The first-order valence-electron chi connectivity index (χ1n) is 7.89. The minimum absolute atomic E-state index is 0.346. The molecule has 6 nitrogen and oxygen atoms in total. The molecular weight excluding hydrogens is 316 g/mol. The summed E-state index contributed by atoms with van der Waals surface area (Å²) in [6.45, 7) is 6.48. The average molecular weight is 334 g/mol. The van der Waals surface area contributed by atoms with Crippen molar-refractivity contribution in [1.29, 1.82) is 5.26 Å². The van der Waals surface area contributed by atoms with Crippen LogP contribution < -0.4 is 4.74 Å². The number of nitrogens with zero attached hydrogens (tertiary/aromatic N) is 4. The molecule has 1 aliphatic rings. The number of imidazole rings is 1. The van der Waals surface area contributed by atoms with Crippen molar-refractivity contribution in [3.8, 4) is 17.6 Å². The van der Waals surface area contributed by atoms with Crippen molar-refractivity contribution in [2.45, 2.75) is 13.3 Å². The number of aryl methyl sites for hydroxylation is 1. The van der Waals surface area contributed by atoms with E-state index in [9.17, 15) is 0 Å². The van der Waals surface area contributed by atoms with Crippen molar-refractivity contribution in [2.75, 3.05) is 13.2 Å². The van der Waals surface area contributed by atoms with Crippen molar-refractivity contribution < 1.29 is 9.47 Å². The van der Waals surface area contributed by atoms with E-state index < -0.39 is 0 Å². The molecule has 126 valence electrons. The first-order valence-corrected chi connectivity index (χ1v) is 7.89. The molecule has 0 atom stereocenters. The molecule has 6 heteroatoms. The van der Waals surface area contributed by atoms with Gasteiger partial charge in [0.25, 0.3) is 0 Å². The highest BCUT2D eigenvalue weighted by atomic mass is 16.5. The van der Waals surface area contributed by atoms with E-state index in [4.69, 9.17) is 14.7 Å². The lowest BCUT2D eigenvalue weighted by Crippen LogP contribution is -2.09. The third-order valence-corrected chi connectivity index (χ3v) is 3.68. The van der Waals surface area contributed by atoms with Crippen LogP contribution in [0.4, 0.5) is 0 Å². The van der Waals surface area contributed by atoms with Gasteiger partial charge in [-0.25, -0.2) is 9.97 Å². The molecule has 0 saturated carbocycles. The fraction of sp³-hybridized carbons (Fsp3) is 0.211. The van der Waals surface area contributed by atoms with E-state index >= 15 is 0 Å². The number of hydrogen-bond donors (Lipinski definition) is 0. The predicted octanol–water partition coefficient (Wildman–Crippen LogP) is 3.26. The molecular formula is C19H18N4O2. The van der Waals surface area contributed by atoms with Crippen LogP contribution in [0.25, 0.3) is 5.82 Å². The molecule has 25 heavy (non-hydrogen) atoms. The van der Waals surface area contributed by atoms with Crippen molar-refractivity contribution in [3.63, 3.8) is 0 Å². The third kappa shape index (κ3) is 3.96. The number of hydrogen-bond acceptors (Lipinski definition) is 5. The van der Waals surface area contributed by atoms with Gasteiger partial charge in [-0.15, -0.1) is 0 Å². The van der Waals surface area contributed by atoms with Crippen molar-refractivity contribution in [3.05, 3.63) is 72.2 Å². The molecule has 0 aliphatic heterocycles. The predicted molar refractivity (Wildman–Crippen MR) is 93.1 cm³/mol. The van der Waals surface area contributed by atoms with E-state index in [-0.39, 0.29) is 0 Å². The Hall–Kier alpha value is -3.33. The zero-order valence-electron chi connectivity index (χ0n) is 14.0. The van der Waals surface area contributed by atoms with E-state index in [1.165, 1.54) is 0 Å². The van der Waals surface area contributed by atoms with E-state index in [0.29, 0.717) is 36.7 Å². The zero-order valence-corrected chi connectivity index (χ0v) is 14.0. The van der Waals surface area contributed by atoms with Gasteiger partial charge in [0.05, 0.1) is 5.57 Å². The Morgan fingerprint density at radius 3 is 2.88 bits per heavy atom. The number of allylic oxidation sites excluding steroid dienone is 4. The Kier molecular flexibility index (Phi) is 4.95. The van der Waals surface area contributed by atoms with Gasteiger partial charge in [0, 0.05) is 24.7 Å². The van der Waals surface area contributed by atoms with Gasteiger partial charge in [-0.3, -0.25) is 4.57 Å². The minimum Gasteiger partial charge on any atom is -0.490 e. The normalized spacial score (nSPS) is 13.7. The molecule has 0 fully saturated rings. The van der Waals surface area contributed by atoms with Crippen LogP contribution in [0.1, 0.15) is 12.2 Å². The van der Waals surface area contributed by atoms with Crippen LogP contribution in [0.3, 0.4) is 0 Å². The standard InChI is InChI=1S/C19H18N4O2/c1-14-3-4-18(16(11-14)13-20)25-10-9-24-17-5-6-22-19(12-17)23-8-7-21-15(23)2/h4-8,11-12H,1,3,9-10H2,2H3. The van der Waals surface area contributed by atoms with E-state index in [1.807, 2.05) is 29.8 Å². The summed E-state index contributed by atoms with van der Waals surface area (Å²) in [5, 5.41) is 9.13. The van der Waals surface area contributed by atoms with Gasteiger partial charge in [0.2, 0.25) is 0 Å². The zero-order chi connectivity index (χ0) is 17.6. The summed E-state index contributed by atoms with van der Waals surface area (Å²) < 4.78 is 13.3. The van der Waals surface area contributed by atoms with Gasteiger partial charge in [0.15, 0.2) is 0 Å². The summed E-state index contributed by atoms with van der Waals surface area (Å²) in [5.41, 5.74) is 1.40. The smallest absolute Gasteiger partial charge is 0.141 e. The van der Waals surface area contributed by atoms with Gasteiger partial charge in [-0.2, -0.15) is 5.26 Å². The molecule has 2 heterocycles. The largest absolute Gasteiger partial charge is 0.490 e. The molecule has 0 radical (unpaired) electrons. The number of ether oxygens (including phenoxy) is 2. The number of rotatable bonds is 6. The molecule has 2 aromatic rings. The maximum Gasteiger partial charge on any atom is 0.141 e. The molecule has 0 unspecified atom stereocenters. The van der Waals surface area contributed by atoms with Crippen LogP contribution in [-0.4, -0.2) is 27.7 Å². The monoisotopic (exact) mass is 334 g/mol. The number of nitriles is 1. The lowest BCUT2D eigenvalue weighted by atomic mass is 10.0. The fourth-order valence-corrected chi connectivity index (χ4v) is 2.44. The second-order valence-corrected chi connectivity index (χ2v) is 5.49. The van der Waals surface area contributed by atoms with E-state index in [0.717, 1.165) is 17.2 Å². The Bertz CT molecular complexity index is 887. The Morgan fingerprint density at radius 2 is 2.12 bits per heavy atom. The highest BCUT2D eigenvalue weighted by Gasteiger charge is 2.11. The van der Waals surface area contributed by atoms with Crippen LogP contribution in [0, 0.1) is 18.3 Å². The molecule has 0 amide bonds. The summed E-state index contributed by atoms with van der Waals surface area (Å²) in [7, 11) is 0. The lowest BCUT2D eigenvalue weighted by Gasteiger charge is -2.14. The van der Waals surface area contributed by atoms with Gasteiger partial charge in [-0.1, -0.05) is 6.58 Å². The molecule has 2 aromatic heterocycles. The van der Waals surface area contributed by atoms with E-state index in [1.54, 1.807) is 24.5 Å². The lowest BCUT2D eigenvalue weighted by molar-refractivity contribution is 0.161. The molecule has 0 saturated heterocycles. The maximum atomic E-state index is 9.13. The Morgan fingerprint density at radius 1 is 1.28 bits per heavy atom. The number of aromatic nitrogens is 3. The minimum atomic E-state index is 0.346. The summed E-state index contributed by atoms with van der Waals surface area (Å²) in [4.78, 5) is 8.51. The highest BCUT2D eigenvalue weighted by Crippen LogP contribution is 2.22. The molecule has 0 aromatic carbocycles. The summed E-state index contributed by atoms with van der Waals surface area (Å²) in [6, 6.07) is 5.76. The molecule has 0 spiro atoms. The van der Waals surface area contributed by atoms with Crippen LogP contribution in [0.2, 0.25) is 0 Å². The van der Waals surface area contributed by atoms with Crippen molar-refractivity contribution in [1.82, 2.24) is 14.5 Å². The average Bonchev–Trinajstić information content (AvgIpc) is 3.06. The summed E-state index contributed by atoms with van der Waals surface area (Å²) >= 11 is 0. The van der Waals surface area contributed by atoms with Gasteiger partial charge >= 0.3 is 0 Å². The van der Waals surface area contributed by atoms with Crippen LogP contribution in [-0.2, 0) is 4.74 Å². The molecule has 0 bridgehead atoms. The van der Waals surface area contributed by atoms with Crippen LogP contribution >= 0.6 is 0 Å². The Balaban J connectivity index is 1.55. The van der Waals surface area contributed by atoms with Crippen LogP contribution in [0.15, 0.2) is 66.4 Å². The molecule has 0 N–H and O–H groups in total.